The predicted octanol–water partition coefficient (Wildman–Crippen LogP) is 2.55. The maximum absolute atomic E-state index is 12.6. The van der Waals surface area contributed by atoms with Gasteiger partial charge in [0.2, 0.25) is 0 Å². The van der Waals surface area contributed by atoms with E-state index in [-0.39, 0.29) is 5.91 Å². The van der Waals surface area contributed by atoms with E-state index in [1.165, 1.54) is 22.6 Å². The molecule has 0 atom stereocenters. The van der Waals surface area contributed by atoms with Crippen molar-refractivity contribution in [3.63, 3.8) is 0 Å². The Kier molecular flexibility index (Phi) is 3.26. The van der Waals surface area contributed by atoms with Crippen molar-refractivity contribution < 1.29 is 4.79 Å². The molecule has 0 aliphatic heterocycles. The molecule has 0 aliphatic carbocycles. The zero-order valence-corrected chi connectivity index (χ0v) is 11.5. The molecule has 7 heteroatoms. The predicted molar refractivity (Wildman–Crippen MR) is 76.1 cm³/mol. The van der Waals surface area contributed by atoms with Crippen LogP contribution in [0, 0.1) is 6.92 Å². The van der Waals surface area contributed by atoms with Gasteiger partial charge in [-0.05, 0) is 30.0 Å². The summed E-state index contributed by atoms with van der Waals surface area (Å²) < 4.78 is 0. The highest BCUT2D eigenvalue weighted by atomic mass is 32.1. The van der Waals surface area contributed by atoms with E-state index < -0.39 is 0 Å². The number of thiophene rings is 1. The van der Waals surface area contributed by atoms with Crippen LogP contribution in [-0.2, 0) is 0 Å². The number of carbonyl (C=O) groups excluding carboxylic acids is 1. The summed E-state index contributed by atoms with van der Waals surface area (Å²) in [6.07, 6.45) is 3.10. The first-order valence-corrected chi connectivity index (χ1v) is 6.85. The summed E-state index contributed by atoms with van der Waals surface area (Å²) in [4.78, 5) is 22.3. The third kappa shape index (κ3) is 2.30. The van der Waals surface area contributed by atoms with E-state index in [2.05, 4.69) is 20.2 Å². The standard InChI is InChI=1S/C13H11N5OS/c1-9-2-3-11(14-6-9)12(19)18(10-4-5-20-7-10)13-15-8-16-17-13/h2-8H,1H3,(H,15,16,17). The summed E-state index contributed by atoms with van der Waals surface area (Å²) in [5.74, 6) is 0.0405. The number of pyridine rings is 1. The van der Waals surface area contributed by atoms with E-state index in [1.807, 2.05) is 29.8 Å². The summed E-state index contributed by atoms with van der Waals surface area (Å²) in [6.45, 7) is 1.92. The summed E-state index contributed by atoms with van der Waals surface area (Å²) in [5.41, 5.74) is 2.08. The number of anilines is 2. The molecule has 1 amide bonds. The molecule has 100 valence electrons. The average Bonchev–Trinajstić information content (AvgIpc) is 3.13. The lowest BCUT2D eigenvalue weighted by molar-refractivity contribution is 0.0993. The fraction of sp³-hybridized carbons (Fsp3) is 0.0769. The van der Waals surface area contributed by atoms with Gasteiger partial charge in [-0.3, -0.25) is 14.9 Å². The number of H-pyrrole nitrogens is 1. The number of aromatic amines is 1. The third-order valence-corrected chi connectivity index (χ3v) is 3.37. The summed E-state index contributed by atoms with van der Waals surface area (Å²) in [5, 5.41) is 10.4. The van der Waals surface area contributed by atoms with Crippen LogP contribution in [0.2, 0.25) is 0 Å². The second kappa shape index (κ2) is 5.22. The van der Waals surface area contributed by atoms with Crippen LogP contribution in [0.1, 0.15) is 16.1 Å². The molecule has 0 unspecified atom stereocenters. The minimum Gasteiger partial charge on any atom is -0.266 e. The van der Waals surface area contributed by atoms with E-state index in [9.17, 15) is 4.79 Å². The highest BCUT2D eigenvalue weighted by Crippen LogP contribution is 2.25. The average molecular weight is 285 g/mol. The van der Waals surface area contributed by atoms with Crippen molar-refractivity contribution in [2.45, 2.75) is 6.92 Å². The molecule has 3 aromatic heterocycles. The smallest absolute Gasteiger partial charge is 0.266 e. The molecule has 3 aromatic rings. The first-order valence-electron chi connectivity index (χ1n) is 5.91. The van der Waals surface area contributed by atoms with E-state index >= 15 is 0 Å². The van der Waals surface area contributed by atoms with Crippen molar-refractivity contribution in [2.75, 3.05) is 4.90 Å². The summed E-state index contributed by atoms with van der Waals surface area (Å²) in [7, 11) is 0. The Morgan fingerprint density at radius 3 is 2.80 bits per heavy atom. The van der Waals surface area contributed by atoms with Crippen LogP contribution in [0.15, 0.2) is 41.5 Å². The van der Waals surface area contributed by atoms with Crippen molar-refractivity contribution in [1.29, 1.82) is 0 Å². The first kappa shape index (κ1) is 12.5. The van der Waals surface area contributed by atoms with Crippen molar-refractivity contribution in [3.05, 3.63) is 52.7 Å². The van der Waals surface area contributed by atoms with Crippen LogP contribution < -0.4 is 4.90 Å². The van der Waals surface area contributed by atoms with Gasteiger partial charge in [-0.1, -0.05) is 6.07 Å². The largest absolute Gasteiger partial charge is 0.283 e. The number of nitrogens with one attached hydrogen (secondary N) is 1. The Bertz CT molecular complexity index is 657. The van der Waals surface area contributed by atoms with Gasteiger partial charge in [0.05, 0.1) is 5.69 Å². The monoisotopic (exact) mass is 285 g/mol. The number of rotatable bonds is 3. The first-order chi connectivity index (χ1) is 9.75. The third-order valence-electron chi connectivity index (χ3n) is 2.70. The molecular formula is C13H11N5OS. The van der Waals surface area contributed by atoms with Crippen LogP contribution in [0.4, 0.5) is 11.6 Å². The molecule has 0 radical (unpaired) electrons. The highest BCUT2D eigenvalue weighted by Gasteiger charge is 2.23. The lowest BCUT2D eigenvalue weighted by Gasteiger charge is -2.16. The molecule has 6 nitrogen and oxygen atoms in total. The van der Waals surface area contributed by atoms with Gasteiger partial charge in [-0.15, -0.1) is 5.10 Å². The Morgan fingerprint density at radius 1 is 1.30 bits per heavy atom. The van der Waals surface area contributed by atoms with Crippen LogP contribution in [0.3, 0.4) is 0 Å². The maximum Gasteiger partial charge on any atom is 0.283 e. The highest BCUT2D eigenvalue weighted by molar-refractivity contribution is 7.08. The molecule has 20 heavy (non-hydrogen) atoms. The van der Waals surface area contributed by atoms with E-state index in [0.717, 1.165) is 11.3 Å². The molecule has 3 heterocycles. The molecule has 0 bridgehead atoms. The van der Waals surface area contributed by atoms with Gasteiger partial charge in [0.25, 0.3) is 11.9 Å². The minimum atomic E-state index is -0.261. The molecule has 0 saturated heterocycles. The molecule has 0 aromatic carbocycles. The molecule has 0 aliphatic rings. The van der Waals surface area contributed by atoms with Gasteiger partial charge in [-0.2, -0.15) is 16.3 Å². The molecule has 0 spiro atoms. The van der Waals surface area contributed by atoms with Crippen molar-refractivity contribution in [1.82, 2.24) is 20.2 Å². The second-order valence-corrected chi connectivity index (χ2v) is 4.92. The Balaban J connectivity index is 2.02. The van der Waals surface area contributed by atoms with Crippen LogP contribution >= 0.6 is 11.3 Å². The quantitative estimate of drug-likeness (QED) is 0.802. The van der Waals surface area contributed by atoms with Gasteiger partial charge in [0.15, 0.2) is 0 Å². The fourth-order valence-electron chi connectivity index (χ4n) is 1.73. The van der Waals surface area contributed by atoms with Crippen molar-refractivity contribution in [3.8, 4) is 0 Å². The number of aryl methyl sites for hydroxylation is 1. The zero-order valence-electron chi connectivity index (χ0n) is 10.6. The molecule has 1 N–H and O–H groups in total. The van der Waals surface area contributed by atoms with E-state index in [4.69, 9.17) is 0 Å². The second-order valence-electron chi connectivity index (χ2n) is 4.14. The van der Waals surface area contributed by atoms with Crippen molar-refractivity contribution in [2.24, 2.45) is 0 Å². The van der Waals surface area contributed by atoms with Gasteiger partial charge < -0.3 is 0 Å². The van der Waals surface area contributed by atoms with Crippen LogP contribution in [0.5, 0.6) is 0 Å². The summed E-state index contributed by atoms with van der Waals surface area (Å²) in [6, 6.07) is 5.39. The normalized spacial score (nSPS) is 10.4. The van der Waals surface area contributed by atoms with Crippen LogP contribution in [-0.4, -0.2) is 26.1 Å². The Hall–Kier alpha value is -2.54. The number of amides is 1. The van der Waals surface area contributed by atoms with Gasteiger partial charge in [0, 0.05) is 11.6 Å². The number of carbonyl (C=O) groups is 1. The van der Waals surface area contributed by atoms with Crippen LogP contribution in [0.25, 0.3) is 0 Å². The number of aromatic nitrogens is 4. The fourth-order valence-corrected chi connectivity index (χ4v) is 2.35. The van der Waals surface area contributed by atoms with Gasteiger partial charge in [-0.25, -0.2) is 4.90 Å². The van der Waals surface area contributed by atoms with Crippen molar-refractivity contribution >= 4 is 28.9 Å². The molecule has 3 rings (SSSR count). The Labute approximate surface area is 119 Å². The lowest BCUT2D eigenvalue weighted by atomic mass is 10.2. The Morgan fingerprint density at radius 2 is 2.20 bits per heavy atom. The number of hydrogen-bond acceptors (Lipinski definition) is 5. The molecule has 0 fully saturated rings. The van der Waals surface area contributed by atoms with Gasteiger partial charge in [0.1, 0.15) is 12.0 Å². The summed E-state index contributed by atoms with van der Waals surface area (Å²) >= 11 is 1.50. The minimum absolute atomic E-state index is 0.261. The molecular weight excluding hydrogens is 274 g/mol. The van der Waals surface area contributed by atoms with Gasteiger partial charge >= 0.3 is 0 Å². The molecule has 0 saturated carbocycles. The van der Waals surface area contributed by atoms with E-state index in [0.29, 0.717) is 11.6 Å². The maximum atomic E-state index is 12.6. The number of nitrogens with zero attached hydrogens (tertiary/aromatic N) is 4. The lowest BCUT2D eigenvalue weighted by Crippen LogP contribution is -2.27. The zero-order chi connectivity index (χ0) is 13.9. The number of hydrogen-bond donors (Lipinski definition) is 1. The van der Waals surface area contributed by atoms with E-state index in [1.54, 1.807) is 12.3 Å². The SMILES string of the molecule is Cc1ccc(C(=O)N(c2ccsc2)c2nc[nH]n2)nc1. The topological polar surface area (TPSA) is 74.8 Å².